The van der Waals surface area contributed by atoms with Gasteiger partial charge in [0.15, 0.2) is 0 Å². The molecule has 0 aliphatic heterocycles. The van der Waals surface area contributed by atoms with Crippen LogP contribution in [0.3, 0.4) is 0 Å². The Balaban J connectivity index is 3.13. The molecule has 1 nitrogen and oxygen atoms in total. The van der Waals surface area contributed by atoms with Crippen molar-refractivity contribution in [2.24, 2.45) is 0 Å². The average Bonchev–Trinajstić information content (AvgIpc) is 2.04. The number of hydrogen-bond acceptors (Lipinski definition) is 2. The molecule has 1 N–H and O–H groups in total. The Bertz CT molecular complexity index is 245. The highest BCUT2D eigenvalue weighted by Gasteiger charge is 2.02. The summed E-state index contributed by atoms with van der Waals surface area (Å²) in [5.41, 5.74) is 1.06. The first-order valence-corrected chi connectivity index (χ1v) is 4.87. The molecule has 1 rings (SSSR count). The van der Waals surface area contributed by atoms with E-state index < -0.39 is 0 Å². The van der Waals surface area contributed by atoms with Gasteiger partial charge < -0.3 is 5.11 Å². The van der Waals surface area contributed by atoms with Crippen LogP contribution in [0.2, 0.25) is 0 Å². The van der Waals surface area contributed by atoms with Gasteiger partial charge in [-0.05, 0) is 24.8 Å². The van der Waals surface area contributed by atoms with Crippen molar-refractivity contribution in [1.29, 1.82) is 0 Å². The fraction of sp³-hybridized carbons (Fsp3) is 0.333. The van der Waals surface area contributed by atoms with Crippen LogP contribution in [-0.4, -0.2) is 11.4 Å². The van der Waals surface area contributed by atoms with Crippen molar-refractivity contribution in [2.75, 3.05) is 6.26 Å². The predicted octanol–water partition coefficient (Wildman–Crippen LogP) is 2.68. The van der Waals surface area contributed by atoms with Gasteiger partial charge in [0.25, 0.3) is 0 Å². The van der Waals surface area contributed by atoms with Crippen LogP contribution in [0.5, 0.6) is 5.75 Å². The first-order valence-electron chi connectivity index (χ1n) is 3.64. The van der Waals surface area contributed by atoms with Crippen molar-refractivity contribution in [3.8, 4) is 5.75 Å². The molecular weight excluding hydrogens is 156 g/mol. The molecule has 2 heteroatoms. The molecular formula is C9H12OS. The van der Waals surface area contributed by atoms with Crippen LogP contribution >= 0.6 is 11.8 Å². The van der Waals surface area contributed by atoms with Crippen LogP contribution in [0.15, 0.2) is 23.1 Å². The van der Waals surface area contributed by atoms with E-state index in [1.807, 2.05) is 18.4 Å². The van der Waals surface area contributed by atoms with Crippen molar-refractivity contribution in [1.82, 2.24) is 0 Å². The van der Waals surface area contributed by atoms with Crippen molar-refractivity contribution < 1.29 is 5.11 Å². The highest BCUT2D eigenvalue weighted by Crippen LogP contribution is 2.27. The molecule has 1 aromatic rings. The molecule has 0 aliphatic rings. The fourth-order valence-corrected chi connectivity index (χ4v) is 1.81. The summed E-state index contributed by atoms with van der Waals surface area (Å²) in [6, 6.07) is 5.64. The van der Waals surface area contributed by atoms with Crippen molar-refractivity contribution >= 4 is 11.8 Å². The zero-order valence-electron chi connectivity index (χ0n) is 6.79. The Morgan fingerprint density at radius 1 is 1.45 bits per heavy atom. The number of hydrogen-bond donors (Lipinski definition) is 1. The molecule has 60 valence electrons. The van der Waals surface area contributed by atoms with Crippen molar-refractivity contribution in [2.45, 2.75) is 18.2 Å². The maximum atomic E-state index is 9.41. The highest BCUT2D eigenvalue weighted by atomic mass is 32.2. The van der Waals surface area contributed by atoms with Gasteiger partial charge >= 0.3 is 0 Å². The third-order valence-corrected chi connectivity index (χ3v) is 2.50. The number of phenolic OH excluding ortho intramolecular Hbond substituents is 1. The van der Waals surface area contributed by atoms with Gasteiger partial charge in [-0.3, -0.25) is 0 Å². The predicted molar refractivity (Wildman–Crippen MR) is 49.3 cm³/mol. The topological polar surface area (TPSA) is 20.2 Å². The number of benzene rings is 1. The third-order valence-electron chi connectivity index (χ3n) is 1.68. The summed E-state index contributed by atoms with van der Waals surface area (Å²) in [5, 5.41) is 9.41. The van der Waals surface area contributed by atoms with Gasteiger partial charge in [0.05, 0.1) is 0 Å². The Morgan fingerprint density at radius 2 is 2.18 bits per heavy atom. The van der Waals surface area contributed by atoms with E-state index in [4.69, 9.17) is 0 Å². The van der Waals surface area contributed by atoms with Crippen molar-refractivity contribution in [3.63, 3.8) is 0 Å². The second kappa shape index (κ2) is 3.67. The molecule has 0 bridgehead atoms. The SMILES string of the molecule is CCc1c(O)cccc1SC. The smallest absolute Gasteiger partial charge is 0.119 e. The highest BCUT2D eigenvalue weighted by molar-refractivity contribution is 7.98. The van der Waals surface area contributed by atoms with Gasteiger partial charge in [-0.25, -0.2) is 0 Å². The minimum absolute atomic E-state index is 0.416. The lowest BCUT2D eigenvalue weighted by Gasteiger charge is -2.05. The number of rotatable bonds is 2. The zero-order chi connectivity index (χ0) is 8.27. The quantitative estimate of drug-likeness (QED) is 0.685. The molecule has 0 fully saturated rings. The van der Waals surface area contributed by atoms with Crippen LogP contribution in [0.1, 0.15) is 12.5 Å². The minimum Gasteiger partial charge on any atom is -0.508 e. The van der Waals surface area contributed by atoms with Gasteiger partial charge in [0.1, 0.15) is 5.75 Å². The first kappa shape index (κ1) is 8.47. The van der Waals surface area contributed by atoms with Crippen LogP contribution in [0.4, 0.5) is 0 Å². The lowest BCUT2D eigenvalue weighted by molar-refractivity contribution is 0.466. The summed E-state index contributed by atoms with van der Waals surface area (Å²) in [7, 11) is 0. The van der Waals surface area contributed by atoms with E-state index in [0.29, 0.717) is 5.75 Å². The molecule has 0 unspecified atom stereocenters. The van der Waals surface area contributed by atoms with E-state index in [-0.39, 0.29) is 0 Å². The molecule has 0 saturated carbocycles. The molecule has 0 aromatic heterocycles. The van der Waals surface area contributed by atoms with E-state index in [1.54, 1.807) is 17.8 Å². The van der Waals surface area contributed by atoms with Gasteiger partial charge in [-0.2, -0.15) is 0 Å². The average molecular weight is 168 g/mol. The van der Waals surface area contributed by atoms with E-state index in [2.05, 4.69) is 6.92 Å². The zero-order valence-corrected chi connectivity index (χ0v) is 7.61. The van der Waals surface area contributed by atoms with Crippen LogP contribution in [0, 0.1) is 0 Å². The van der Waals surface area contributed by atoms with E-state index in [0.717, 1.165) is 12.0 Å². The molecule has 0 amide bonds. The second-order valence-electron chi connectivity index (χ2n) is 2.31. The Labute approximate surface area is 71.4 Å². The van der Waals surface area contributed by atoms with Gasteiger partial charge in [-0.15, -0.1) is 11.8 Å². The Hall–Kier alpha value is -0.630. The number of phenols is 1. The molecule has 0 radical (unpaired) electrons. The van der Waals surface area contributed by atoms with Crippen LogP contribution in [-0.2, 0) is 6.42 Å². The van der Waals surface area contributed by atoms with E-state index >= 15 is 0 Å². The standard InChI is InChI=1S/C9H12OS/c1-3-7-8(10)5-4-6-9(7)11-2/h4-6,10H,3H2,1-2H3. The maximum Gasteiger partial charge on any atom is 0.119 e. The summed E-state index contributed by atoms with van der Waals surface area (Å²) < 4.78 is 0. The number of aromatic hydroxyl groups is 1. The summed E-state index contributed by atoms with van der Waals surface area (Å²) in [5.74, 6) is 0.416. The minimum atomic E-state index is 0.416. The summed E-state index contributed by atoms with van der Waals surface area (Å²) in [6.07, 6.45) is 2.91. The summed E-state index contributed by atoms with van der Waals surface area (Å²) >= 11 is 1.67. The fourth-order valence-electron chi connectivity index (χ4n) is 1.10. The third kappa shape index (κ3) is 1.69. The monoisotopic (exact) mass is 168 g/mol. The number of thioether (sulfide) groups is 1. The molecule has 0 atom stereocenters. The largest absolute Gasteiger partial charge is 0.508 e. The van der Waals surface area contributed by atoms with Gasteiger partial charge in [0.2, 0.25) is 0 Å². The van der Waals surface area contributed by atoms with Gasteiger partial charge in [0, 0.05) is 10.5 Å². The molecule has 0 saturated heterocycles. The maximum absolute atomic E-state index is 9.41. The Kier molecular flexibility index (Phi) is 2.83. The van der Waals surface area contributed by atoms with Crippen molar-refractivity contribution in [3.05, 3.63) is 23.8 Å². The molecule has 0 heterocycles. The molecule has 1 aromatic carbocycles. The van der Waals surface area contributed by atoms with Crippen LogP contribution < -0.4 is 0 Å². The van der Waals surface area contributed by atoms with E-state index in [9.17, 15) is 5.11 Å². The molecule has 0 aliphatic carbocycles. The lowest BCUT2D eigenvalue weighted by atomic mass is 10.1. The van der Waals surface area contributed by atoms with Crippen LogP contribution in [0.25, 0.3) is 0 Å². The molecule has 0 spiro atoms. The summed E-state index contributed by atoms with van der Waals surface area (Å²) in [4.78, 5) is 1.17. The van der Waals surface area contributed by atoms with E-state index in [1.165, 1.54) is 4.90 Å². The summed E-state index contributed by atoms with van der Waals surface area (Å²) in [6.45, 7) is 2.05. The first-order chi connectivity index (χ1) is 5.29. The molecule has 11 heavy (non-hydrogen) atoms. The van der Waals surface area contributed by atoms with Gasteiger partial charge in [-0.1, -0.05) is 13.0 Å². The second-order valence-corrected chi connectivity index (χ2v) is 3.16. The normalized spacial score (nSPS) is 10.0. The Morgan fingerprint density at radius 3 is 2.64 bits per heavy atom. The lowest BCUT2D eigenvalue weighted by Crippen LogP contribution is -1.84.